The van der Waals surface area contributed by atoms with Gasteiger partial charge >= 0.3 is 0 Å². The Kier molecular flexibility index (Phi) is 4.51. The molecule has 38 heavy (non-hydrogen) atoms. The summed E-state index contributed by atoms with van der Waals surface area (Å²) in [6.45, 7) is 0.421. The lowest BCUT2D eigenvalue weighted by Crippen LogP contribution is -2.62. The summed E-state index contributed by atoms with van der Waals surface area (Å²) in [4.78, 5) is 55.8. The van der Waals surface area contributed by atoms with Crippen LogP contribution in [0.25, 0.3) is 0 Å². The Labute approximate surface area is 215 Å². The van der Waals surface area contributed by atoms with Crippen LogP contribution in [0.5, 0.6) is 0 Å². The molecule has 3 aromatic rings. The monoisotopic (exact) mass is 512 g/mol. The van der Waals surface area contributed by atoms with Gasteiger partial charge in [0.1, 0.15) is 16.8 Å². The second kappa shape index (κ2) is 7.55. The maximum absolute atomic E-state index is 14.8. The molecule has 190 valence electrons. The third-order valence-corrected chi connectivity index (χ3v) is 8.68. The number of Topliss-reactive ketones (excluding diaryl/α,β-unsaturated/α-hetero) is 1. The summed E-state index contributed by atoms with van der Waals surface area (Å²) < 4.78 is 14.8. The van der Waals surface area contributed by atoms with Crippen molar-refractivity contribution in [1.82, 2.24) is 4.90 Å². The Morgan fingerprint density at radius 1 is 0.974 bits per heavy atom. The average Bonchev–Trinajstić information content (AvgIpc) is 3.62. The minimum atomic E-state index is -1.74. The Morgan fingerprint density at radius 2 is 1.74 bits per heavy atom. The summed E-state index contributed by atoms with van der Waals surface area (Å²) >= 11 is 0. The summed E-state index contributed by atoms with van der Waals surface area (Å²) in [5.41, 5.74) is -1.92. The number of fused-ring (bicyclic) bond motifs is 7. The van der Waals surface area contributed by atoms with E-state index in [0.29, 0.717) is 41.9 Å². The largest absolute Gasteiger partial charge is 0.325 e. The van der Waals surface area contributed by atoms with Gasteiger partial charge in [-0.05, 0) is 49.2 Å². The first-order chi connectivity index (χ1) is 18.3. The van der Waals surface area contributed by atoms with Gasteiger partial charge in [0.05, 0.1) is 10.8 Å². The molecular formula is C28H21FN4O5. The van der Waals surface area contributed by atoms with Crippen LogP contribution in [-0.2, 0) is 20.5 Å². The van der Waals surface area contributed by atoms with Gasteiger partial charge in [0, 0.05) is 40.7 Å². The van der Waals surface area contributed by atoms with E-state index in [1.54, 1.807) is 24.3 Å². The van der Waals surface area contributed by atoms with Crippen molar-refractivity contribution in [2.24, 2.45) is 5.92 Å². The zero-order valence-corrected chi connectivity index (χ0v) is 19.9. The van der Waals surface area contributed by atoms with Crippen LogP contribution in [0.2, 0.25) is 0 Å². The fourth-order valence-electron chi connectivity index (χ4n) is 7.50. The predicted molar refractivity (Wildman–Crippen MR) is 134 cm³/mol. The molecule has 4 heterocycles. The van der Waals surface area contributed by atoms with E-state index in [0.717, 1.165) is 0 Å². The standard InChI is InChI=1S/C28H21FN4O5/c29-16-10-11-21-19(14-16)28(26(36)31-21)27(18-7-1-2-8-20(18)30-25(27)35)23(22-9-4-12-32(22)28)24(34)15-5-3-6-17(13-15)33(37)38/h1-3,5-8,10-11,13-14,22-23H,4,9,12H2,(H,30,35)(H,31,36)/t22-,23+,27+,28+/m0/s1. The molecule has 4 aliphatic rings. The number of carbonyl (C=O) groups excluding carboxylic acids is 3. The number of halogens is 1. The number of nitro groups is 1. The number of benzene rings is 3. The fourth-order valence-corrected chi connectivity index (χ4v) is 7.50. The van der Waals surface area contributed by atoms with Crippen LogP contribution in [0.4, 0.5) is 21.5 Å². The molecule has 0 bridgehead atoms. The lowest BCUT2D eigenvalue weighted by Gasteiger charge is -2.43. The summed E-state index contributed by atoms with van der Waals surface area (Å²) in [7, 11) is 0. The third kappa shape index (κ3) is 2.50. The summed E-state index contributed by atoms with van der Waals surface area (Å²) in [6.07, 6.45) is 1.20. The lowest BCUT2D eigenvalue weighted by atomic mass is 9.57. The number of para-hydroxylation sites is 1. The zero-order chi connectivity index (χ0) is 26.4. The van der Waals surface area contributed by atoms with E-state index in [9.17, 15) is 28.9 Å². The summed E-state index contributed by atoms with van der Waals surface area (Å²) in [5.74, 6) is -3.11. The van der Waals surface area contributed by atoms with Gasteiger partial charge in [0.25, 0.3) is 11.6 Å². The fraction of sp³-hybridized carbons (Fsp3) is 0.250. The predicted octanol–water partition coefficient (Wildman–Crippen LogP) is 3.75. The van der Waals surface area contributed by atoms with Crippen molar-refractivity contribution >= 4 is 34.7 Å². The Balaban J connectivity index is 1.57. The highest BCUT2D eigenvalue weighted by molar-refractivity contribution is 6.21. The zero-order valence-electron chi connectivity index (χ0n) is 19.9. The van der Waals surface area contributed by atoms with Crippen molar-refractivity contribution < 1.29 is 23.7 Å². The van der Waals surface area contributed by atoms with Crippen molar-refractivity contribution in [2.75, 3.05) is 17.2 Å². The first-order valence-electron chi connectivity index (χ1n) is 12.4. The van der Waals surface area contributed by atoms with Gasteiger partial charge in [-0.2, -0.15) is 0 Å². The van der Waals surface area contributed by atoms with Crippen molar-refractivity contribution in [3.8, 4) is 0 Å². The Bertz CT molecular complexity index is 1610. The molecule has 2 saturated heterocycles. The molecule has 0 aliphatic carbocycles. The molecule has 2 fully saturated rings. The number of rotatable bonds is 3. The lowest BCUT2D eigenvalue weighted by molar-refractivity contribution is -0.384. The van der Waals surface area contributed by atoms with Crippen molar-refractivity contribution in [1.29, 1.82) is 0 Å². The second-order valence-corrected chi connectivity index (χ2v) is 10.2. The number of carbonyl (C=O) groups is 3. The number of hydrogen-bond acceptors (Lipinski definition) is 6. The van der Waals surface area contributed by atoms with Gasteiger partial charge < -0.3 is 10.6 Å². The van der Waals surface area contributed by atoms with Crippen LogP contribution in [0.15, 0.2) is 66.7 Å². The van der Waals surface area contributed by atoms with E-state index >= 15 is 0 Å². The Morgan fingerprint density at radius 3 is 2.55 bits per heavy atom. The number of hydrogen-bond donors (Lipinski definition) is 2. The van der Waals surface area contributed by atoms with Crippen LogP contribution >= 0.6 is 0 Å². The second-order valence-electron chi connectivity index (χ2n) is 10.2. The molecular weight excluding hydrogens is 491 g/mol. The highest BCUT2D eigenvalue weighted by Crippen LogP contribution is 2.67. The number of non-ortho nitro benzene ring substituents is 1. The Hall–Kier alpha value is -4.44. The number of ketones is 1. The number of amides is 2. The molecule has 10 heteroatoms. The quantitative estimate of drug-likeness (QED) is 0.313. The van der Waals surface area contributed by atoms with Crippen LogP contribution in [0.1, 0.15) is 34.3 Å². The number of nitrogens with zero attached hydrogens (tertiary/aromatic N) is 2. The van der Waals surface area contributed by atoms with Gasteiger partial charge in [-0.1, -0.05) is 30.3 Å². The molecule has 0 unspecified atom stereocenters. The van der Waals surface area contributed by atoms with E-state index in [1.807, 2.05) is 4.90 Å². The topological polar surface area (TPSA) is 122 Å². The van der Waals surface area contributed by atoms with Gasteiger partial charge in [0.15, 0.2) is 5.78 Å². The first kappa shape index (κ1) is 22.7. The van der Waals surface area contributed by atoms with E-state index in [-0.39, 0.29) is 11.3 Å². The smallest absolute Gasteiger partial charge is 0.270 e. The van der Waals surface area contributed by atoms with Crippen LogP contribution in [0.3, 0.4) is 0 Å². The van der Waals surface area contributed by atoms with Crippen molar-refractivity contribution in [3.05, 3.63) is 99.4 Å². The van der Waals surface area contributed by atoms with Crippen LogP contribution < -0.4 is 10.6 Å². The molecule has 2 spiro atoms. The van der Waals surface area contributed by atoms with Crippen molar-refractivity contribution in [3.63, 3.8) is 0 Å². The summed E-state index contributed by atoms with van der Waals surface area (Å²) in [5, 5.41) is 17.3. The average molecular weight is 512 g/mol. The maximum Gasteiger partial charge on any atom is 0.270 e. The van der Waals surface area contributed by atoms with E-state index in [4.69, 9.17) is 0 Å². The molecule has 0 radical (unpaired) electrons. The SMILES string of the molecule is O=C(c1cccc([N+](=O)[O-])c1)[C@H]1[C@@H]2CCCN2[C@]2(C(=O)Nc3ccc(F)cc32)[C@@]12C(=O)Nc1ccccc12. The normalized spacial score (nSPS) is 28.8. The van der Waals surface area contributed by atoms with Gasteiger partial charge in [0.2, 0.25) is 5.91 Å². The van der Waals surface area contributed by atoms with Crippen molar-refractivity contribution in [2.45, 2.75) is 29.8 Å². The summed E-state index contributed by atoms with van der Waals surface area (Å²) in [6, 6.07) is 15.8. The number of nitrogens with one attached hydrogen (secondary N) is 2. The number of anilines is 2. The molecule has 2 amide bonds. The number of nitro benzene ring substituents is 1. The van der Waals surface area contributed by atoms with Gasteiger partial charge in [-0.25, -0.2) is 4.39 Å². The third-order valence-electron chi connectivity index (χ3n) is 8.68. The molecule has 4 aliphatic heterocycles. The highest BCUT2D eigenvalue weighted by atomic mass is 19.1. The molecule has 4 atom stereocenters. The first-order valence-corrected chi connectivity index (χ1v) is 12.4. The highest BCUT2D eigenvalue weighted by Gasteiger charge is 2.81. The minimum Gasteiger partial charge on any atom is -0.325 e. The molecule has 7 rings (SSSR count). The molecule has 2 N–H and O–H groups in total. The van der Waals surface area contributed by atoms with Crippen LogP contribution in [0, 0.1) is 21.8 Å². The molecule has 3 aromatic carbocycles. The van der Waals surface area contributed by atoms with Gasteiger partial charge in [-0.3, -0.25) is 29.4 Å². The van der Waals surface area contributed by atoms with E-state index < -0.39 is 51.3 Å². The maximum atomic E-state index is 14.8. The molecule has 9 nitrogen and oxygen atoms in total. The molecule has 0 aromatic heterocycles. The van der Waals surface area contributed by atoms with E-state index in [2.05, 4.69) is 10.6 Å². The van der Waals surface area contributed by atoms with E-state index in [1.165, 1.54) is 42.5 Å². The molecule has 0 saturated carbocycles. The van der Waals surface area contributed by atoms with Gasteiger partial charge in [-0.15, -0.1) is 0 Å². The van der Waals surface area contributed by atoms with Crippen LogP contribution in [-0.4, -0.2) is 40.0 Å². The minimum absolute atomic E-state index is 0.0857.